The highest BCUT2D eigenvalue weighted by molar-refractivity contribution is 5.79. The summed E-state index contributed by atoms with van der Waals surface area (Å²) >= 11 is 0. The molecule has 0 amide bonds. The van der Waals surface area contributed by atoms with Crippen molar-refractivity contribution in [3.05, 3.63) is 103 Å². The molecule has 0 aliphatic carbocycles. The minimum Gasteiger partial charge on any atom is -0.440 e. The van der Waals surface area contributed by atoms with Crippen molar-refractivity contribution in [2.75, 3.05) is 0 Å². The summed E-state index contributed by atoms with van der Waals surface area (Å²) in [6, 6.07) is 27.9. The molecule has 6 aromatic rings. The Morgan fingerprint density at radius 3 is 2.39 bits per heavy atom. The molecule has 0 N–H and O–H groups in total. The first-order chi connectivity index (χ1) is 15.3. The average molecular weight is 404 g/mol. The smallest absolute Gasteiger partial charge is 0.331 e. The molecule has 0 aliphatic heterocycles. The molecule has 148 valence electrons. The summed E-state index contributed by atoms with van der Waals surface area (Å²) in [6.45, 7) is 0. The van der Waals surface area contributed by atoms with Crippen molar-refractivity contribution < 1.29 is 13.4 Å². The SMILES string of the molecule is C(=Cc1oc2ccccc2[n+]1-c1ccc2ccccc2n1)Cc1nc2ccccc2o1. The normalized spacial score (nSPS) is 11.9. The van der Waals surface area contributed by atoms with E-state index >= 15 is 0 Å². The third-order valence-electron chi connectivity index (χ3n) is 5.24. The third kappa shape index (κ3) is 3.16. The van der Waals surface area contributed by atoms with E-state index in [2.05, 4.69) is 17.1 Å². The molecule has 0 spiro atoms. The summed E-state index contributed by atoms with van der Waals surface area (Å²) in [6.07, 6.45) is 4.52. The van der Waals surface area contributed by atoms with Gasteiger partial charge in [-0.15, -0.1) is 0 Å². The first kappa shape index (κ1) is 17.6. The van der Waals surface area contributed by atoms with Gasteiger partial charge in [-0.05, 0) is 41.4 Å². The molecule has 3 heterocycles. The van der Waals surface area contributed by atoms with E-state index < -0.39 is 0 Å². The van der Waals surface area contributed by atoms with E-state index in [1.807, 2.05) is 89.5 Å². The zero-order valence-electron chi connectivity index (χ0n) is 16.6. The van der Waals surface area contributed by atoms with Crippen LogP contribution in [0.1, 0.15) is 11.8 Å². The van der Waals surface area contributed by atoms with Gasteiger partial charge in [0.25, 0.3) is 5.89 Å². The lowest BCUT2D eigenvalue weighted by molar-refractivity contribution is -0.579. The summed E-state index contributed by atoms with van der Waals surface area (Å²) in [7, 11) is 0. The number of fused-ring (bicyclic) bond motifs is 3. The van der Waals surface area contributed by atoms with Crippen molar-refractivity contribution in [1.29, 1.82) is 0 Å². The van der Waals surface area contributed by atoms with Crippen LogP contribution in [0.4, 0.5) is 0 Å². The van der Waals surface area contributed by atoms with Crippen molar-refractivity contribution in [1.82, 2.24) is 9.97 Å². The summed E-state index contributed by atoms with van der Waals surface area (Å²) in [5, 5.41) is 1.10. The van der Waals surface area contributed by atoms with E-state index in [-0.39, 0.29) is 0 Å². The minimum atomic E-state index is 0.566. The maximum absolute atomic E-state index is 6.15. The number of allylic oxidation sites excluding steroid dienone is 1. The van der Waals surface area contributed by atoms with Crippen molar-refractivity contribution in [2.45, 2.75) is 6.42 Å². The largest absolute Gasteiger partial charge is 0.440 e. The van der Waals surface area contributed by atoms with Gasteiger partial charge in [0.05, 0.1) is 0 Å². The molecule has 0 bridgehead atoms. The molecule has 0 atom stereocenters. The maximum atomic E-state index is 6.15. The number of pyridine rings is 1. The first-order valence-corrected chi connectivity index (χ1v) is 10.2. The Morgan fingerprint density at radius 1 is 0.710 bits per heavy atom. The van der Waals surface area contributed by atoms with Crippen LogP contribution in [0.2, 0.25) is 0 Å². The van der Waals surface area contributed by atoms with Crippen LogP contribution in [0.15, 0.2) is 99.8 Å². The molecule has 6 rings (SSSR count). The van der Waals surface area contributed by atoms with Gasteiger partial charge in [-0.3, -0.25) is 0 Å². The number of rotatable bonds is 4. The van der Waals surface area contributed by atoms with Crippen LogP contribution in [0.3, 0.4) is 0 Å². The standard InChI is InChI=1S/C26H18N3O2/c1-2-9-19-18(8-1)16-17-24(27-19)29-21-11-4-6-13-23(21)31-26(29)15-7-14-25-28-20-10-3-5-12-22(20)30-25/h1-13,15-17H,14H2/q+1. The molecule has 3 aromatic carbocycles. The summed E-state index contributed by atoms with van der Waals surface area (Å²) in [5.41, 5.74) is 4.38. The number of aromatic nitrogens is 3. The van der Waals surface area contributed by atoms with Crippen LogP contribution in [0.5, 0.6) is 0 Å². The van der Waals surface area contributed by atoms with E-state index in [9.17, 15) is 0 Å². The quantitative estimate of drug-likeness (QED) is 0.356. The highest BCUT2D eigenvalue weighted by Gasteiger charge is 2.21. The highest BCUT2D eigenvalue weighted by atomic mass is 16.4. The second kappa shape index (κ2) is 7.22. The molecule has 5 nitrogen and oxygen atoms in total. The van der Waals surface area contributed by atoms with Gasteiger partial charge in [-0.1, -0.05) is 48.5 Å². The lowest BCUT2D eigenvalue weighted by Gasteiger charge is -1.97. The zero-order chi connectivity index (χ0) is 20.6. The molecule has 5 heteroatoms. The fourth-order valence-corrected chi connectivity index (χ4v) is 3.80. The lowest BCUT2D eigenvalue weighted by atomic mass is 10.2. The zero-order valence-corrected chi connectivity index (χ0v) is 16.6. The Bertz CT molecular complexity index is 1540. The molecule has 3 aromatic heterocycles. The second-order valence-corrected chi connectivity index (χ2v) is 7.29. The first-order valence-electron chi connectivity index (χ1n) is 10.2. The molecule has 0 aliphatic rings. The number of benzene rings is 3. The van der Waals surface area contributed by atoms with Crippen LogP contribution in [-0.4, -0.2) is 9.97 Å². The van der Waals surface area contributed by atoms with Gasteiger partial charge in [-0.25, -0.2) is 4.98 Å². The number of hydrogen-bond donors (Lipinski definition) is 0. The summed E-state index contributed by atoms with van der Waals surface area (Å²) in [5.74, 6) is 2.18. The van der Waals surface area contributed by atoms with Crippen LogP contribution >= 0.6 is 0 Å². The Kier molecular flexibility index (Phi) is 4.10. The number of nitrogens with zero attached hydrogens (tertiary/aromatic N) is 3. The van der Waals surface area contributed by atoms with Crippen LogP contribution in [0.25, 0.3) is 45.0 Å². The Hall–Kier alpha value is -4.25. The molecule has 0 saturated heterocycles. The van der Waals surface area contributed by atoms with Crippen molar-refractivity contribution in [2.24, 2.45) is 0 Å². The van der Waals surface area contributed by atoms with E-state index in [0.717, 1.165) is 38.9 Å². The third-order valence-corrected chi connectivity index (χ3v) is 5.24. The topological polar surface area (TPSA) is 55.9 Å². The van der Waals surface area contributed by atoms with Gasteiger partial charge < -0.3 is 8.83 Å². The van der Waals surface area contributed by atoms with Gasteiger partial charge in [0.1, 0.15) is 5.52 Å². The monoisotopic (exact) mass is 404 g/mol. The lowest BCUT2D eigenvalue weighted by Crippen LogP contribution is -2.33. The number of para-hydroxylation sites is 5. The fraction of sp³-hybridized carbons (Fsp3) is 0.0385. The Balaban J connectivity index is 1.41. The van der Waals surface area contributed by atoms with Gasteiger partial charge in [0.15, 0.2) is 28.1 Å². The predicted molar refractivity (Wildman–Crippen MR) is 120 cm³/mol. The fourth-order valence-electron chi connectivity index (χ4n) is 3.80. The molecule has 0 saturated carbocycles. The number of hydrogen-bond acceptors (Lipinski definition) is 4. The molecule has 0 unspecified atom stereocenters. The van der Waals surface area contributed by atoms with Crippen LogP contribution < -0.4 is 4.57 Å². The molecule has 31 heavy (non-hydrogen) atoms. The maximum Gasteiger partial charge on any atom is 0.331 e. The van der Waals surface area contributed by atoms with Crippen LogP contribution in [-0.2, 0) is 6.42 Å². The Labute approximate surface area is 177 Å². The average Bonchev–Trinajstić information content (AvgIpc) is 3.39. The van der Waals surface area contributed by atoms with Gasteiger partial charge in [0, 0.05) is 23.9 Å². The summed E-state index contributed by atoms with van der Waals surface area (Å²) < 4.78 is 14.0. The highest BCUT2D eigenvalue weighted by Crippen LogP contribution is 2.20. The van der Waals surface area contributed by atoms with Crippen LogP contribution in [0, 0.1) is 0 Å². The molecular weight excluding hydrogens is 386 g/mol. The van der Waals surface area contributed by atoms with E-state index in [1.54, 1.807) is 0 Å². The molecule has 0 fully saturated rings. The van der Waals surface area contributed by atoms with E-state index in [4.69, 9.17) is 13.8 Å². The van der Waals surface area contributed by atoms with Crippen molar-refractivity contribution >= 4 is 39.2 Å². The van der Waals surface area contributed by atoms with Crippen molar-refractivity contribution in [3.63, 3.8) is 0 Å². The van der Waals surface area contributed by atoms with E-state index in [0.29, 0.717) is 18.2 Å². The minimum absolute atomic E-state index is 0.566. The second-order valence-electron chi connectivity index (χ2n) is 7.29. The number of oxazole rings is 2. The Morgan fingerprint density at radius 2 is 1.48 bits per heavy atom. The predicted octanol–water partition coefficient (Wildman–Crippen LogP) is 5.65. The van der Waals surface area contributed by atoms with Crippen molar-refractivity contribution in [3.8, 4) is 5.82 Å². The van der Waals surface area contributed by atoms with Gasteiger partial charge >= 0.3 is 5.82 Å². The van der Waals surface area contributed by atoms with E-state index in [1.165, 1.54) is 0 Å². The molecular formula is C26H18N3O2+. The van der Waals surface area contributed by atoms with Gasteiger partial charge in [-0.2, -0.15) is 4.57 Å². The van der Waals surface area contributed by atoms with Gasteiger partial charge in [0.2, 0.25) is 0 Å². The molecule has 0 radical (unpaired) electrons. The summed E-state index contributed by atoms with van der Waals surface area (Å²) in [4.78, 5) is 9.40.